The first-order valence-corrected chi connectivity index (χ1v) is 8.16. The normalized spacial score (nSPS) is 15.0. The second kappa shape index (κ2) is 6.99. The van der Waals surface area contributed by atoms with E-state index in [1.54, 1.807) is 0 Å². The van der Waals surface area contributed by atoms with E-state index in [2.05, 4.69) is 27.5 Å². The predicted molar refractivity (Wildman–Crippen MR) is 99.9 cm³/mol. The smallest absolute Gasteiger partial charge is 0.211 e. The van der Waals surface area contributed by atoms with Gasteiger partial charge in [0, 0.05) is 5.56 Å². The number of benzene rings is 1. The van der Waals surface area contributed by atoms with Gasteiger partial charge in [0.25, 0.3) is 0 Å². The minimum absolute atomic E-state index is 0.0338. The van der Waals surface area contributed by atoms with Gasteiger partial charge in [0.15, 0.2) is 6.19 Å². The third kappa shape index (κ3) is 2.96. The Morgan fingerprint density at radius 1 is 1.23 bits per heavy atom. The maximum absolute atomic E-state index is 9.33. The van der Waals surface area contributed by atoms with Crippen LogP contribution in [0.3, 0.4) is 0 Å². The van der Waals surface area contributed by atoms with Gasteiger partial charge in [-0.3, -0.25) is 5.32 Å². The van der Waals surface area contributed by atoms with Crippen LogP contribution >= 0.6 is 0 Å². The number of guanidine groups is 1. The molecule has 1 aliphatic rings. The van der Waals surface area contributed by atoms with Gasteiger partial charge in [0.1, 0.15) is 29.3 Å². The Kier molecular flexibility index (Phi) is 4.59. The quantitative estimate of drug-likeness (QED) is 0.490. The molecule has 8 nitrogen and oxygen atoms in total. The lowest BCUT2D eigenvalue weighted by Crippen LogP contribution is -2.32. The van der Waals surface area contributed by atoms with Gasteiger partial charge in [0.05, 0.1) is 5.69 Å². The van der Waals surface area contributed by atoms with Crippen molar-refractivity contribution in [3.05, 3.63) is 46.5 Å². The molecule has 1 aliphatic heterocycles. The summed E-state index contributed by atoms with van der Waals surface area (Å²) in [6, 6.07) is 9.52. The highest BCUT2D eigenvalue weighted by atomic mass is 15.2. The number of hydrogen-bond donors (Lipinski definition) is 4. The number of nitrogens with two attached hydrogens (primary N) is 2. The van der Waals surface area contributed by atoms with Crippen LogP contribution in [0.1, 0.15) is 41.6 Å². The molecule has 130 valence electrons. The Morgan fingerprint density at radius 3 is 2.58 bits per heavy atom. The summed E-state index contributed by atoms with van der Waals surface area (Å²) in [6.45, 7) is 2.13. The van der Waals surface area contributed by atoms with E-state index >= 15 is 0 Å². The summed E-state index contributed by atoms with van der Waals surface area (Å²) in [4.78, 5) is 8.76. The highest BCUT2D eigenvalue weighted by molar-refractivity contribution is 5.98. The fourth-order valence-corrected chi connectivity index (χ4v) is 2.98. The first-order valence-electron chi connectivity index (χ1n) is 8.16. The number of nitrogens with one attached hydrogen (secondary N) is 2. The van der Waals surface area contributed by atoms with Crippen LogP contribution in [-0.2, 0) is 6.42 Å². The summed E-state index contributed by atoms with van der Waals surface area (Å²) in [5.41, 5.74) is 15.1. The van der Waals surface area contributed by atoms with Gasteiger partial charge >= 0.3 is 0 Å². The van der Waals surface area contributed by atoms with Crippen LogP contribution in [0.15, 0.2) is 29.3 Å². The van der Waals surface area contributed by atoms with E-state index in [4.69, 9.17) is 16.7 Å². The van der Waals surface area contributed by atoms with E-state index in [1.165, 1.54) is 5.56 Å². The van der Waals surface area contributed by atoms with E-state index in [-0.39, 0.29) is 23.0 Å². The standard InChI is InChI=1S/C18H18N8/c1-2-3-10-4-6-11(7-5-10)15-13-14(21)12(8-19)16(22)25-17(13)26-18(24-15)23-9-20/h4-7,15H,2-3H2,1H3,(H6,21,22,23,24,25,26). The van der Waals surface area contributed by atoms with Crippen molar-refractivity contribution in [3.8, 4) is 12.3 Å². The fourth-order valence-electron chi connectivity index (χ4n) is 2.98. The number of aliphatic imine (C=N–C) groups is 1. The number of fused-ring (bicyclic) bond motifs is 1. The molecule has 0 amide bonds. The third-order valence-corrected chi connectivity index (χ3v) is 4.19. The number of anilines is 3. The van der Waals surface area contributed by atoms with Gasteiger partial charge in [-0.15, -0.1) is 0 Å². The van der Waals surface area contributed by atoms with Crippen molar-refractivity contribution < 1.29 is 0 Å². The molecule has 26 heavy (non-hydrogen) atoms. The molecule has 0 spiro atoms. The molecule has 1 aromatic heterocycles. The maximum Gasteiger partial charge on any atom is 0.211 e. The monoisotopic (exact) mass is 346 g/mol. The predicted octanol–water partition coefficient (Wildman–Crippen LogP) is 2.01. The number of aromatic nitrogens is 1. The van der Waals surface area contributed by atoms with E-state index in [1.807, 2.05) is 36.5 Å². The van der Waals surface area contributed by atoms with E-state index in [9.17, 15) is 5.26 Å². The third-order valence-electron chi connectivity index (χ3n) is 4.19. The Balaban J connectivity index is 2.15. The van der Waals surface area contributed by atoms with Gasteiger partial charge in [-0.1, -0.05) is 37.6 Å². The molecule has 0 radical (unpaired) electrons. The lowest BCUT2D eigenvalue weighted by Gasteiger charge is -2.26. The molecule has 1 atom stereocenters. The Labute approximate surface area is 151 Å². The number of aryl methyl sites for hydroxylation is 1. The summed E-state index contributed by atoms with van der Waals surface area (Å²) < 4.78 is 0. The number of nitrogen functional groups attached to an aromatic ring is 2. The zero-order valence-corrected chi connectivity index (χ0v) is 14.2. The van der Waals surface area contributed by atoms with Crippen molar-refractivity contribution in [1.82, 2.24) is 10.3 Å². The van der Waals surface area contributed by atoms with Crippen molar-refractivity contribution in [1.29, 1.82) is 10.5 Å². The minimum Gasteiger partial charge on any atom is -0.397 e. The molecule has 6 N–H and O–H groups in total. The number of pyridine rings is 1. The van der Waals surface area contributed by atoms with Crippen LogP contribution in [0.2, 0.25) is 0 Å². The molecule has 2 heterocycles. The first kappa shape index (κ1) is 17.1. The summed E-state index contributed by atoms with van der Waals surface area (Å²) in [7, 11) is 0. The molecule has 2 aromatic rings. The van der Waals surface area contributed by atoms with Gasteiger partial charge in [-0.25, -0.2) is 9.98 Å². The zero-order valence-electron chi connectivity index (χ0n) is 14.2. The van der Waals surface area contributed by atoms with Crippen molar-refractivity contribution in [2.75, 3.05) is 16.8 Å². The molecule has 0 fully saturated rings. The van der Waals surface area contributed by atoms with Gasteiger partial charge in [-0.2, -0.15) is 10.5 Å². The van der Waals surface area contributed by atoms with E-state index in [0.29, 0.717) is 11.4 Å². The van der Waals surface area contributed by atoms with Crippen molar-refractivity contribution in [3.63, 3.8) is 0 Å². The molecule has 0 saturated heterocycles. The first-order chi connectivity index (χ1) is 12.6. The van der Waals surface area contributed by atoms with Crippen LogP contribution in [0.4, 0.5) is 17.3 Å². The molecule has 1 unspecified atom stereocenters. The van der Waals surface area contributed by atoms with E-state index < -0.39 is 6.04 Å². The SMILES string of the molecule is CCCc1ccc(C2N=C(NC#N)Nc3nc(N)c(C#N)c(N)c32)cc1. The molecule has 3 rings (SSSR count). The highest BCUT2D eigenvalue weighted by Crippen LogP contribution is 2.40. The van der Waals surface area contributed by atoms with Crippen LogP contribution < -0.4 is 22.1 Å². The number of nitrogens with zero attached hydrogens (tertiary/aromatic N) is 4. The summed E-state index contributed by atoms with van der Waals surface area (Å²) in [5, 5.41) is 23.6. The maximum atomic E-state index is 9.33. The van der Waals surface area contributed by atoms with Crippen molar-refractivity contribution in [2.24, 2.45) is 4.99 Å². The van der Waals surface area contributed by atoms with Crippen LogP contribution in [0.5, 0.6) is 0 Å². The fraction of sp³-hybridized carbons (Fsp3) is 0.222. The van der Waals surface area contributed by atoms with Gasteiger partial charge in [-0.05, 0) is 17.5 Å². The summed E-state index contributed by atoms with van der Waals surface area (Å²) in [6.07, 6.45) is 3.89. The second-order valence-electron chi connectivity index (χ2n) is 5.89. The van der Waals surface area contributed by atoms with Crippen molar-refractivity contribution >= 4 is 23.3 Å². The molecule has 0 saturated carbocycles. The van der Waals surface area contributed by atoms with Crippen LogP contribution in [-0.4, -0.2) is 10.9 Å². The molecule has 0 bridgehead atoms. The molecule has 8 heteroatoms. The van der Waals surface area contributed by atoms with Crippen LogP contribution in [0, 0.1) is 22.8 Å². The minimum atomic E-state index is -0.502. The largest absolute Gasteiger partial charge is 0.397 e. The van der Waals surface area contributed by atoms with Crippen molar-refractivity contribution in [2.45, 2.75) is 25.8 Å². The second-order valence-corrected chi connectivity index (χ2v) is 5.89. The Bertz CT molecular complexity index is 947. The topological polar surface area (TPSA) is 149 Å². The number of rotatable bonds is 3. The average Bonchev–Trinajstić information content (AvgIpc) is 2.62. The zero-order chi connectivity index (χ0) is 18.7. The average molecular weight is 346 g/mol. The highest BCUT2D eigenvalue weighted by Gasteiger charge is 2.29. The number of nitriles is 2. The summed E-state index contributed by atoms with van der Waals surface area (Å²) in [5.74, 6) is 0.666. The summed E-state index contributed by atoms with van der Waals surface area (Å²) >= 11 is 0. The lowest BCUT2D eigenvalue weighted by atomic mass is 9.94. The lowest BCUT2D eigenvalue weighted by molar-refractivity contribution is 0.843. The van der Waals surface area contributed by atoms with Crippen LogP contribution in [0.25, 0.3) is 0 Å². The molecule has 1 aromatic carbocycles. The van der Waals surface area contributed by atoms with Gasteiger partial charge in [0.2, 0.25) is 5.96 Å². The molecular weight excluding hydrogens is 328 g/mol. The number of hydrogen-bond acceptors (Lipinski definition) is 8. The Morgan fingerprint density at radius 2 is 1.96 bits per heavy atom. The molecule has 0 aliphatic carbocycles. The molecular formula is C18H18N8. The van der Waals surface area contributed by atoms with Gasteiger partial charge < -0.3 is 16.8 Å². The Hall–Kier alpha value is -3.78. The van der Waals surface area contributed by atoms with E-state index in [0.717, 1.165) is 18.4 Å².